The van der Waals surface area contributed by atoms with Gasteiger partial charge in [-0.1, -0.05) is 19.1 Å². The predicted molar refractivity (Wildman–Crippen MR) is 89.5 cm³/mol. The standard InChI is InChI=1S/C15H28N2.C2H2O4/c1-3-14(2)17-11-9-16(10-12-17)13-15-7-5-4-6-8-15;3-1(4)2(5)6/h4-5,14-15H,3,6-13H2,1-2H3;(H,3,4)(H,5,6). The molecule has 0 radical (unpaired) electrons. The van der Waals surface area contributed by atoms with Gasteiger partial charge in [0.15, 0.2) is 0 Å². The van der Waals surface area contributed by atoms with Crippen LogP contribution in [0.4, 0.5) is 0 Å². The van der Waals surface area contributed by atoms with Crippen LogP contribution in [0.25, 0.3) is 0 Å². The molecule has 1 heterocycles. The minimum Gasteiger partial charge on any atom is -0.473 e. The fraction of sp³-hybridized carbons (Fsp3) is 0.765. The normalized spacial score (nSPS) is 23.7. The fourth-order valence-corrected chi connectivity index (χ4v) is 3.03. The van der Waals surface area contributed by atoms with Crippen LogP contribution in [0, 0.1) is 5.92 Å². The number of aliphatic carboxylic acids is 2. The molecule has 2 aliphatic rings. The molecule has 6 nitrogen and oxygen atoms in total. The zero-order valence-corrected chi connectivity index (χ0v) is 14.3. The summed E-state index contributed by atoms with van der Waals surface area (Å²) in [5.41, 5.74) is 0. The maximum Gasteiger partial charge on any atom is 0.414 e. The monoisotopic (exact) mass is 326 g/mol. The van der Waals surface area contributed by atoms with Crippen LogP contribution in [-0.4, -0.2) is 70.7 Å². The number of allylic oxidation sites excluding steroid dienone is 2. The Morgan fingerprint density at radius 2 is 1.74 bits per heavy atom. The quantitative estimate of drug-likeness (QED) is 0.607. The lowest BCUT2D eigenvalue weighted by atomic mass is 9.94. The van der Waals surface area contributed by atoms with E-state index in [-0.39, 0.29) is 0 Å². The minimum absolute atomic E-state index is 0.773. The molecular formula is C17H30N2O4. The van der Waals surface area contributed by atoms with Gasteiger partial charge in [-0.3, -0.25) is 4.90 Å². The van der Waals surface area contributed by atoms with Gasteiger partial charge in [0.2, 0.25) is 0 Å². The molecule has 1 aliphatic carbocycles. The highest BCUT2D eigenvalue weighted by Crippen LogP contribution is 2.20. The van der Waals surface area contributed by atoms with Crippen molar-refractivity contribution in [3.8, 4) is 0 Å². The maximum absolute atomic E-state index is 9.10. The molecule has 1 saturated heterocycles. The van der Waals surface area contributed by atoms with E-state index in [1.54, 1.807) is 0 Å². The van der Waals surface area contributed by atoms with Crippen LogP contribution in [0.1, 0.15) is 39.5 Å². The van der Waals surface area contributed by atoms with Gasteiger partial charge in [-0.25, -0.2) is 9.59 Å². The third-order valence-electron chi connectivity index (χ3n) is 4.70. The second-order valence-corrected chi connectivity index (χ2v) is 6.35. The van der Waals surface area contributed by atoms with Crippen molar-refractivity contribution in [2.45, 2.75) is 45.6 Å². The van der Waals surface area contributed by atoms with Crippen molar-refractivity contribution in [1.29, 1.82) is 0 Å². The summed E-state index contributed by atoms with van der Waals surface area (Å²) in [6.07, 6.45) is 10.0. The first-order chi connectivity index (χ1) is 10.9. The Kier molecular flexibility index (Phi) is 8.87. The lowest BCUT2D eigenvalue weighted by Crippen LogP contribution is -2.50. The molecular weight excluding hydrogens is 296 g/mol. The van der Waals surface area contributed by atoms with Gasteiger partial charge in [-0.15, -0.1) is 0 Å². The van der Waals surface area contributed by atoms with E-state index in [9.17, 15) is 0 Å². The number of hydrogen-bond donors (Lipinski definition) is 2. The van der Waals surface area contributed by atoms with E-state index in [4.69, 9.17) is 19.8 Å². The van der Waals surface area contributed by atoms with Crippen LogP contribution < -0.4 is 0 Å². The van der Waals surface area contributed by atoms with Crippen molar-refractivity contribution in [2.75, 3.05) is 32.7 Å². The van der Waals surface area contributed by atoms with Crippen molar-refractivity contribution in [3.05, 3.63) is 12.2 Å². The zero-order chi connectivity index (χ0) is 17.2. The lowest BCUT2D eigenvalue weighted by molar-refractivity contribution is -0.159. The molecule has 0 bridgehead atoms. The van der Waals surface area contributed by atoms with Crippen LogP contribution in [0.15, 0.2) is 12.2 Å². The maximum atomic E-state index is 9.10. The Labute approximate surface area is 138 Å². The highest BCUT2D eigenvalue weighted by Gasteiger charge is 2.22. The summed E-state index contributed by atoms with van der Waals surface area (Å²) in [6.45, 7) is 11.1. The van der Waals surface area contributed by atoms with Crippen LogP contribution >= 0.6 is 0 Å². The van der Waals surface area contributed by atoms with E-state index >= 15 is 0 Å². The molecule has 0 aromatic rings. The third-order valence-corrected chi connectivity index (χ3v) is 4.70. The van der Waals surface area contributed by atoms with Crippen LogP contribution in [0.5, 0.6) is 0 Å². The molecule has 0 spiro atoms. The molecule has 0 aromatic carbocycles. The molecule has 6 heteroatoms. The van der Waals surface area contributed by atoms with Gasteiger partial charge in [0.1, 0.15) is 0 Å². The zero-order valence-electron chi connectivity index (χ0n) is 14.3. The minimum atomic E-state index is -1.82. The van der Waals surface area contributed by atoms with Gasteiger partial charge in [-0.05, 0) is 38.5 Å². The highest BCUT2D eigenvalue weighted by atomic mass is 16.4. The first-order valence-electron chi connectivity index (χ1n) is 8.51. The lowest BCUT2D eigenvalue weighted by Gasteiger charge is -2.39. The van der Waals surface area contributed by atoms with Gasteiger partial charge in [0, 0.05) is 38.8 Å². The van der Waals surface area contributed by atoms with E-state index in [0.717, 1.165) is 12.0 Å². The molecule has 2 rings (SSSR count). The van der Waals surface area contributed by atoms with E-state index in [2.05, 4.69) is 35.8 Å². The van der Waals surface area contributed by atoms with Crippen molar-refractivity contribution in [2.24, 2.45) is 5.92 Å². The smallest absolute Gasteiger partial charge is 0.414 e. The van der Waals surface area contributed by atoms with E-state index in [0.29, 0.717) is 0 Å². The second-order valence-electron chi connectivity index (χ2n) is 6.35. The number of carboxylic acid groups (broad SMARTS) is 2. The Balaban J connectivity index is 0.000000379. The average Bonchev–Trinajstić information content (AvgIpc) is 2.56. The second kappa shape index (κ2) is 10.4. The average molecular weight is 326 g/mol. The number of carbonyl (C=O) groups is 2. The summed E-state index contributed by atoms with van der Waals surface area (Å²) in [5.74, 6) is -2.72. The number of piperazine rings is 1. The van der Waals surface area contributed by atoms with Gasteiger partial charge in [0.05, 0.1) is 0 Å². The van der Waals surface area contributed by atoms with Gasteiger partial charge >= 0.3 is 11.9 Å². The summed E-state index contributed by atoms with van der Waals surface area (Å²) < 4.78 is 0. The first kappa shape index (κ1) is 19.6. The number of carboxylic acids is 2. The van der Waals surface area contributed by atoms with Crippen LogP contribution in [0.3, 0.4) is 0 Å². The Morgan fingerprint density at radius 3 is 2.17 bits per heavy atom. The molecule has 1 aliphatic heterocycles. The predicted octanol–water partition coefficient (Wildman–Crippen LogP) is 1.91. The summed E-state index contributed by atoms with van der Waals surface area (Å²) in [4.78, 5) is 23.5. The Bertz CT molecular complexity index is 391. The summed E-state index contributed by atoms with van der Waals surface area (Å²) in [6, 6.07) is 0.773. The summed E-state index contributed by atoms with van der Waals surface area (Å²) in [5, 5.41) is 14.8. The summed E-state index contributed by atoms with van der Waals surface area (Å²) >= 11 is 0. The van der Waals surface area contributed by atoms with Crippen LogP contribution in [-0.2, 0) is 9.59 Å². The molecule has 132 valence electrons. The van der Waals surface area contributed by atoms with E-state index in [1.807, 2.05) is 0 Å². The van der Waals surface area contributed by atoms with Crippen molar-refractivity contribution < 1.29 is 19.8 Å². The summed E-state index contributed by atoms with van der Waals surface area (Å²) in [7, 11) is 0. The van der Waals surface area contributed by atoms with Crippen LogP contribution in [0.2, 0.25) is 0 Å². The Morgan fingerprint density at radius 1 is 1.13 bits per heavy atom. The SMILES string of the molecule is CCC(C)N1CCN(CC2CC=CCC2)CC1.O=C(O)C(=O)O. The molecule has 0 amide bonds. The van der Waals surface area contributed by atoms with Crippen molar-refractivity contribution in [1.82, 2.24) is 9.80 Å². The van der Waals surface area contributed by atoms with Crippen molar-refractivity contribution >= 4 is 11.9 Å². The number of nitrogens with zero attached hydrogens (tertiary/aromatic N) is 2. The molecule has 23 heavy (non-hydrogen) atoms. The molecule has 2 N–H and O–H groups in total. The molecule has 2 unspecified atom stereocenters. The number of hydrogen-bond acceptors (Lipinski definition) is 4. The van der Waals surface area contributed by atoms with Crippen molar-refractivity contribution in [3.63, 3.8) is 0 Å². The third kappa shape index (κ3) is 7.61. The van der Waals surface area contributed by atoms with Gasteiger partial charge < -0.3 is 15.1 Å². The fourth-order valence-electron chi connectivity index (χ4n) is 3.03. The molecule has 1 fully saturated rings. The Hall–Kier alpha value is -1.40. The largest absolute Gasteiger partial charge is 0.473 e. The first-order valence-corrected chi connectivity index (χ1v) is 8.51. The molecule has 0 saturated carbocycles. The van der Waals surface area contributed by atoms with Gasteiger partial charge in [0.25, 0.3) is 0 Å². The molecule has 0 aromatic heterocycles. The van der Waals surface area contributed by atoms with E-state index < -0.39 is 11.9 Å². The topological polar surface area (TPSA) is 81.1 Å². The highest BCUT2D eigenvalue weighted by molar-refractivity contribution is 6.27. The number of rotatable bonds is 4. The van der Waals surface area contributed by atoms with E-state index in [1.165, 1.54) is 58.4 Å². The molecule has 2 atom stereocenters. The van der Waals surface area contributed by atoms with Gasteiger partial charge in [-0.2, -0.15) is 0 Å².